The summed E-state index contributed by atoms with van der Waals surface area (Å²) in [4.78, 5) is 11.9. The Morgan fingerprint density at radius 3 is 2.61 bits per heavy atom. The molecule has 4 aliphatic rings. The van der Waals surface area contributed by atoms with Crippen molar-refractivity contribution in [1.82, 2.24) is 0 Å². The molecule has 0 amide bonds. The standard InChI is InChI=1S/C21H32O2/c1-13(22)17-6-7-18-16-5-4-14-12-15(23)8-10-20(14,2)19(16)9-11-21(17,18)3/h12-13,16-19,22H,4-11H2,1-3H3/t13-,16-,17-,18+,19-,20-,21-/m1/s1. The maximum atomic E-state index is 11.9. The molecule has 7 atom stereocenters. The molecule has 1 N–H and O–H groups in total. The molecule has 0 spiro atoms. The van der Waals surface area contributed by atoms with E-state index in [9.17, 15) is 9.90 Å². The summed E-state index contributed by atoms with van der Waals surface area (Å²) in [5, 5.41) is 10.3. The van der Waals surface area contributed by atoms with Crippen LogP contribution in [0.5, 0.6) is 0 Å². The maximum absolute atomic E-state index is 11.9. The molecule has 2 heteroatoms. The van der Waals surface area contributed by atoms with E-state index < -0.39 is 0 Å². The van der Waals surface area contributed by atoms with Crippen LogP contribution in [0.4, 0.5) is 0 Å². The van der Waals surface area contributed by atoms with Gasteiger partial charge < -0.3 is 5.11 Å². The van der Waals surface area contributed by atoms with Crippen LogP contribution in [0.2, 0.25) is 0 Å². The van der Waals surface area contributed by atoms with Gasteiger partial charge in [0.05, 0.1) is 6.10 Å². The molecule has 0 aromatic rings. The Labute approximate surface area is 140 Å². The van der Waals surface area contributed by atoms with Crippen molar-refractivity contribution in [2.24, 2.45) is 34.5 Å². The van der Waals surface area contributed by atoms with E-state index in [0.717, 1.165) is 37.0 Å². The third-order valence-corrected chi connectivity index (χ3v) is 8.62. The van der Waals surface area contributed by atoms with Crippen molar-refractivity contribution in [2.75, 3.05) is 0 Å². The average molecular weight is 316 g/mol. The molecule has 3 saturated carbocycles. The van der Waals surface area contributed by atoms with E-state index in [1.807, 2.05) is 13.0 Å². The predicted molar refractivity (Wildman–Crippen MR) is 91.9 cm³/mol. The predicted octanol–water partition coefficient (Wildman–Crippen LogP) is 4.52. The van der Waals surface area contributed by atoms with E-state index in [1.165, 1.54) is 37.7 Å². The minimum atomic E-state index is -0.163. The fourth-order valence-corrected chi connectivity index (χ4v) is 7.39. The summed E-state index contributed by atoms with van der Waals surface area (Å²) in [5.74, 6) is 3.21. The highest BCUT2D eigenvalue weighted by atomic mass is 16.3. The van der Waals surface area contributed by atoms with Gasteiger partial charge in [0.1, 0.15) is 0 Å². The zero-order chi connectivity index (χ0) is 16.4. The zero-order valence-electron chi connectivity index (χ0n) is 15.0. The van der Waals surface area contributed by atoms with Gasteiger partial charge in [-0.25, -0.2) is 0 Å². The first kappa shape index (κ1) is 15.9. The Balaban J connectivity index is 1.66. The van der Waals surface area contributed by atoms with Crippen molar-refractivity contribution in [3.8, 4) is 0 Å². The van der Waals surface area contributed by atoms with E-state index in [-0.39, 0.29) is 11.5 Å². The molecule has 23 heavy (non-hydrogen) atoms. The smallest absolute Gasteiger partial charge is 0.155 e. The van der Waals surface area contributed by atoms with Crippen LogP contribution in [0.1, 0.15) is 72.1 Å². The van der Waals surface area contributed by atoms with Crippen molar-refractivity contribution >= 4 is 5.78 Å². The molecule has 0 unspecified atom stereocenters. The Morgan fingerprint density at radius 2 is 1.87 bits per heavy atom. The quantitative estimate of drug-likeness (QED) is 0.772. The summed E-state index contributed by atoms with van der Waals surface area (Å²) >= 11 is 0. The minimum absolute atomic E-state index is 0.163. The van der Waals surface area contributed by atoms with Gasteiger partial charge >= 0.3 is 0 Å². The van der Waals surface area contributed by atoms with Crippen LogP contribution in [-0.2, 0) is 4.79 Å². The number of rotatable bonds is 1. The molecule has 0 bridgehead atoms. The van der Waals surface area contributed by atoms with Crippen molar-refractivity contribution in [1.29, 1.82) is 0 Å². The molecule has 3 fully saturated rings. The number of hydrogen-bond donors (Lipinski definition) is 1. The normalized spacial score (nSPS) is 50.6. The summed E-state index contributed by atoms with van der Waals surface area (Å²) in [6.07, 6.45) is 11.1. The first-order chi connectivity index (χ1) is 10.9. The summed E-state index contributed by atoms with van der Waals surface area (Å²) < 4.78 is 0. The van der Waals surface area contributed by atoms with E-state index in [4.69, 9.17) is 0 Å². The third-order valence-electron chi connectivity index (χ3n) is 8.62. The van der Waals surface area contributed by atoms with Gasteiger partial charge in [0.25, 0.3) is 0 Å². The minimum Gasteiger partial charge on any atom is -0.393 e. The Morgan fingerprint density at radius 1 is 1.09 bits per heavy atom. The van der Waals surface area contributed by atoms with Crippen LogP contribution in [0.25, 0.3) is 0 Å². The van der Waals surface area contributed by atoms with E-state index in [2.05, 4.69) is 13.8 Å². The summed E-state index contributed by atoms with van der Waals surface area (Å²) in [6.45, 7) is 6.92. The Kier molecular flexibility index (Phi) is 3.58. The number of carbonyl (C=O) groups excluding carboxylic acids is 1. The van der Waals surface area contributed by atoms with Crippen molar-refractivity contribution in [3.05, 3.63) is 11.6 Å². The van der Waals surface area contributed by atoms with Gasteiger partial charge in [0.2, 0.25) is 0 Å². The number of fused-ring (bicyclic) bond motifs is 5. The van der Waals surface area contributed by atoms with Crippen LogP contribution in [0.3, 0.4) is 0 Å². The van der Waals surface area contributed by atoms with Gasteiger partial charge in [0, 0.05) is 6.42 Å². The first-order valence-corrected chi connectivity index (χ1v) is 9.78. The van der Waals surface area contributed by atoms with Gasteiger partial charge in [-0.3, -0.25) is 4.79 Å². The molecule has 2 nitrogen and oxygen atoms in total. The van der Waals surface area contributed by atoms with Gasteiger partial charge in [-0.2, -0.15) is 0 Å². The lowest BCUT2D eigenvalue weighted by Crippen LogP contribution is -2.51. The van der Waals surface area contributed by atoms with Gasteiger partial charge in [0.15, 0.2) is 5.78 Å². The lowest BCUT2D eigenvalue weighted by molar-refractivity contribution is -0.117. The number of hydrogen-bond acceptors (Lipinski definition) is 2. The fraction of sp³-hybridized carbons (Fsp3) is 0.857. The monoisotopic (exact) mass is 316 g/mol. The highest BCUT2D eigenvalue weighted by Crippen LogP contribution is 2.66. The highest BCUT2D eigenvalue weighted by molar-refractivity contribution is 5.91. The van der Waals surface area contributed by atoms with Crippen LogP contribution in [0.15, 0.2) is 11.6 Å². The van der Waals surface area contributed by atoms with E-state index in [1.54, 1.807) is 0 Å². The SMILES string of the molecule is C[C@@H](O)[C@H]1CC[C@H]2[C@H]3CCC4=CC(=O)CC[C@@]4(C)[C@@H]3CC[C@]12C. The van der Waals surface area contributed by atoms with Crippen molar-refractivity contribution in [3.63, 3.8) is 0 Å². The molecule has 4 rings (SSSR count). The molecule has 0 aromatic carbocycles. The Hall–Kier alpha value is -0.630. The number of ketones is 1. The summed E-state index contributed by atoms with van der Waals surface area (Å²) in [6, 6.07) is 0. The second-order valence-corrected chi connectivity index (χ2v) is 9.44. The molecule has 128 valence electrons. The van der Waals surface area contributed by atoms with Crippen molar-refractivity contribution < 1.29 is 9.90 Å². The molecule has 0 radical (unpaired) electrons. The lowest BCUT2D eigenvalue weighted by Gasteiger charge is -2.58. The third kappa shape index (κ3) is 2.13. The first-order valence-electron chi connectivity index (χ1n) is 9.78. The van der Waals surface area contributed by atoms with Gasteiger partial charge in [-0.1, -0.05) is 19.4 Å². The molecule has 0 heterocycles. The summed E-state index contributed by atoms with van der Waals surface area (Å²) in [5.41, 5.74) is 2.09. The number of carbonyl (C=O) groups is 1. The van der Waals surface area contributed by atoms with Crippen LogP contribution in [0, 0.1) is 34.5 Å². The molecule has 0 aromatic heterocycles. The van der Waals surface area contributed by atoms with Gasteiger partial charge in [-0.15, -0.1) is 0 Å². The van der Waals surface area contributed by atoms with Crippen LogP contribution in [-0.4, -0.2) is 17.0 Å². The summed E-state index contributed by atoms with van der Waals surface area (Å²) in [7, 11) is 0. The molecule has 4 aliphatic carbocycles. The van der Waals surface area contributed by atoms with Crippen LogP contribution >= 0.6 is 0 Å². The second kappa shape index (κ2) is 5.18. The number of aliphatic hydroxyl groups is 1. The van der Waals surface area contributed by atoms with E-state index in [0.29, 0.717) is 17.1 Å². The van der Waals surface area contributed by atoms with E-state index >= 15 is 0 Å². The fourth-order valence-electron chi connectivity index (χ4n) is 7.39. The topological polar surface area (TPSA) is 37.3 Å². The number of aliphatic hydroxyl groups excluding tert-OH is 1. The maximum Gasteiger partial charge on any atom is 0.155 e. The highest BCUT2D eigenvalue weighted by Gasteiger charge is 2.59. The number of allylic oxidation sites excluding steroid dienone is 1. The molecule has 0 saturated heterocycles. The largest absolute Gasteiger partial charge is 0.393 e. The van der Waals surface area contributed by atoms with Crippen LogP contribution < -0.4 is 0 Å². The molecular formula is C21H32O2. The average Bonchev–Trinajstić information content (AvgIpc) is 2.85. The van der Waals surface area contributed by atoms with Gasteiger partial charge in [-0.05, 0) is 92.4 Å². The zero-order valence-corrected chi connectivity index (χ0v) is 15.0. The molecule has 0 aliphatic heterocycles. The second-order valence-electron chi connectivity index (χ2n) is 9.44. The Bertz CT molecular complexity index is 548. The lowest BCUT2D eigenvalue weighted by atomic mass is 9.46. The van der Waals surface area contributed by atoms with Crippen molar-refractivity contribution in [2.45, 2.75) is 78.2 Å². The molecular weight excluding hydrogens is 284 g/mol.